The Balaban J connectivity index is 1.68. The van der Waals surface area contributed by atoms with Crippen LogP contribution in [0.4, 0.5) is 10.5 Å². The minimum atomic E-state index is -0.114. The van der Waals surface area contributed by atoms with Crippen molar-refractivity contribution < 1.29 is 14.3 Å². The molecule has 3 rings (SSSR count). The van der Waals surface area contributed by atoms with E-state index in [1.165, 1.54) is 0 Å². The van der Waals surface area contributed by atoms with Gasteiger partial charge in [0.2, 0.25) is 0 Å². The number of urea groups is 1. The summed E-state index contributed by atoms with van der Waals surface area (Å²) < 4.78 is 11.0. The summed E-state index contributed by atoms with van der Waals surface area (Å²) in [5.41, 5.74) is 1.84. The maximum absolute atomic E-state index is 12.6. The van der Waals surface area contributed by atoms with Crippen LogP contribution in [-0.2, 0) is 4.74 Å². The van der Waals surface area contributed by atoms with Gasteiger partial charge in [0.05, 0.1) is 26.3 Å². The first-order valence-corrected chi connectivity index (χ1v) is 8.05. The Morgan fingerprint density at radius 1 is 1.17 bits per heavy atom. The van der Waals surface area contributed by atoms with Gasteiger partial charge in [-0.15, -0.1) is 0 Å². The molecule has 1 aliphatic rings. The van der Waals surface area contributed by atoms with E-state index in [2.05, 4.69) is 5.32 Å². The predicted octanol–water partition coefficient (Wildman–Crippen LogP) is 3.69. The lowest BCUT2D eigenvalue weighted by molar-refractivity contribution is -0.0407. The highest BCUT2D eigenvalue weighted by Crippen LogP contribution is 2.25. The third kappa shape index (κ3) is 3.68. The Kier molecular flexibility index (Phi) is 5.01. The van der Waals surface area contributed by atoms with Gasteiger partial charge in [0.1, 0.15) is 11.9 Å². The molecule has 5 heteroatoms. The highest BCUT2D eigenvalue weighted by atomic mass is 16.5. The lowest BCUT2D eigenvalue weighted by atomic mass is 10.1. The normalized spacial score (nSPS) is 20.5. The number of ether oxygens (including phenoxy) is 2. The summed E-state index contributed by atoms with van der Waals surface area (Å²) in [6.45, 7) is 3.05. The number of morpholine rings is 1. The fraction of sp³-hybridized carbons (Fsp3) is 0.316. The average molecular weight is 326 g/mol. The lowest BCUT2D eigenvalue weighted by Crippen LogP contribution is -2.49. The number of rotatable bonds is 3. The summed E-state index contributed by atoms with van der Waals surface area (Å²) in [6.07, 6.45) is -0.0935. The molecule has 0 aromatic heterocycles. The third-order valence-electron chi connectivity index (χ3n) is 4.21. The Bertz CT molecular complexity index is 673. The molecule has 2 amide bonds. The molecule has 1 saturated heterocycles. The molecule has 2 aromatic rings. The fourth-order valence-electron chi connectivity index (χ4n) is 2.78. The Morgan fingerprint density at radius 2 is 1.88 bits per heavy atom. The molecule has 1 aliphatic heterocycles. The van der Waals surface area contributed by atoms with Gasteiger partial charge in [-0.3, -0.25) is 0 Å². The maximum atomic E-state index is 12.6. The van der Waals surface area contributed by atoms with E-state index < -0.39 is 0 Å². The van der Waals surface area contributed by atoms with Crippen LogP contribution in [0.15, 0.2) is 54.6 Å². The smallest absolute Gasteiger partial charge is 0.322 e. The standard InChI is InChI=1S/C19H22N2O3/c1-14-13-24-18(15-6-4-3-5-7-15)12-21(14)19(22)20-16-8-10-17(23-2)11-9-16/h3-11,14,18H,12-13H2,1-2H3,(H,20,22)/t14-,18-/m0/s1. The number of benzene rings is 2. The van der Waals surface area contributed by atoms with Gasteiger partial charge in [-0.1, -0.05) is 30.3 Å². The first kappa shape index (κ1) is 16.3. The Morgan fingerprint density at radius 3 is 2.54 bits per heavy atom. The molecule has 2 atom stereocenters. The number of carbonyl (C=O) groups excluding carboxylic acids is 1. The van der Waals surface area contributed by atoms with Crippen molar-refractivity contribution in [3.8, 4) is 5.75 Å². The van der Waals surface area contributed by atoms with Crippen LogP contribution in [0.3, 0.4) is 0 Å². The molecule has 0 radical (unpaired) electrons. The largest absolute Gasteiger partial charge is 0.497 e. The highest BCUT2D eigenvalue weighted by Gasteiger charge is 2.30. The molecule has 0 bridgehead atoms. The van der Waals surface area contributed by atoms with Gasteiger partial charge in [0, 0.05) is 5.69 Å². The van der Waals surface area contributed by atoms with E-state index in [1.54, 1.807) is 7.11 Å². The number of amides is 2. The van der Waals surface area contributed by atoms with Gasteiger partial charge in [0.15, 0.2) is 0 Å². The zero-order valence-electron chi connectivity index (χ0n) is 13.9. The third-order valence-corrected chi connectivity index (χ3v) is 4.21. The van der Waals surface area contributed by atoms with Crippen LogP contribution in [-0.4, -0.2) is 37.2 Å². The zero-order chi connectivity index (χ0) is 16.9. The topological polar surface area (TPSA) is 50.8 Å². The van der Waals surface area contributed by atoms with Gasteiger partial charge in [-0.05, 0) is 36.8 Å². The number of hydrogen-bond donors (Lipinski definition) is 1. The fourth-order valence-corrected chi connectivity index (χ4v) is 2.78. The summed E-state index contributed by atoms with van der Waals surface area (Å²) in [5, 5.41) is 2.94. The molecule has 0 aliphatic carbocycles. The molecule has 126 valence electrons. The van der Waals surface area contributed by atoms with Crippen LogP contribution < -0.4 is 10.1 Å². The van der Waals surface area contributed by atoms with Crippen molar-refractivity contribution in [3.05, 3.63) is 60.2 Å². The van der Waals surface area contributed by atoms with E-state index in [4.69, 9.17) is 9.47 Å². The number of anilines is 1. The van der Waals surface area contributed by atoms with Gasteiger partial charge in [-0.2, -0.15) is 0 Å². The van der Waals surface area contributed by atoms with E-state index >= 15 is 0 Å². The average Bonchev–Trinajstić information content (AvgIpc) is 2.63. The van der Waals surface area contributed by atoms with Gasteiger partial charge in [-0.25, -0.2) is 4.79 Å². The number of hydrogen-bond acceptors (Lipinski definition) is 3. The van der Waals surface area contributed by atoms with Gasteiger partial charge < -0.3 is 19.7 Å². The lowest BCUT2D eigenvalue weighted by Gasteiger charge is -2.38. The number of carbonyl (C=O) groups is 1. The van der Waals surface area contributed by atoms with Crippen molar-refractivity contribution in [2.45, 2.75) is 19.1 Å². The first-order chi connectivity index (χ1) is 11.7. The zero-order valence-corrected chi connectivity index (χ0v) is 13.9. The van der Waals surface area contributed by atoms with Crippen molar-refractivity contribution in [2.75, 3.05) is 25.6 Å². The van der Waals surface area contributed by atoms with Crippen molar-refractivity contribution in [1.82, 2.24) is 4.90 Å². The highest BCUT2D eigenvalue weighted by molar-refractivity contribution is 5.89. The molecule has 1 N–H and O–H groups in total. The number of nitrogens with one attached hydrogen (secondary N) is 1. The second-order valence-corrected chi connectivity index (χ2v) is 5.89. The maximum Gasteiger partial charge on any atom is 0.322 e. The summed E-state index contributed by atoms with van der Waals surface area (Å²) in [5.74, 6) is 0.761. The Hall–Kier alpha value is -2.53. The van der Waals surface area contributed by atoms with E-state index in [0.717, 1.165) is 17.0 Å². The predicted molar refractivity (Wildman–Crippen MR) is 93.3 cm³/mol. The van der Waals surface area contributed by atoms with Crippen molar-refractivity contribution >= 4 is 11.7 Å². The SMILES string of the molecule is COc1ccc(NC(=O)N2C[C@@H](c3ccccc3)OC[C@@H]2C)cc1. The van der Waals surface area contributed by atoms with Gasteiger partial charge >= 0.3 is 6.03 Å². The molecule has 5 nitrogen and oxygen atoms in total. The first-order valence-electron chi connectivity index (χ1n) is 8.05. The van der Waals surface area contributed by atoms with E-state index in [9.17, 15) is 4.79 Å². The minimum absolute atomic E-state index is 0.0308. The van der Waals surface area contributed by atoms with Crippen LogP contribution in [0.2, 0.25) is 0 Å². The molecule has 1 fully saturated rings. The summed E-state index contributed by atoms with van der Waals surface area (Å²) >= 11 is 0. The molecular formula is C19H22N2O3. The molecule has 0 saturated carbocycles. The second kappa shape index (κ2) is 7.36. The van der Waals surface area contributed by atoms with E-state index in [1.807, 2.05) is 66.4 Å². The van der Waals surface area contributed by atoms with Crippen LogP contribution >= 0.6 is 0 Å². The molecular weight excluding hydrogens is 304 g/mol. The number of nitrogens with zero attached hydrogens (tertiary/aromatic N) is 1. The molecule has 24 heavy (non-hydrogen) atoms. The van der Waals surface area contributed by atoms with Crippen molar-refractivity contribution in [3.63, 3.8) is 0 Å². The van der Waals surface area contributed by atoms with Gasteiger partial charge in [0.25, 0.3) is 0 Å². The molecule has 2 aromatic carbocycles. The van der Waals surface area contributed by atoms with E-state index in [0.29, 0.717) is 13.2 Å². The summed E-state index contributed by atoms with van der Waals surface area (Å²) in [4.78, 5) is 14.5. The Labute approximate surface area is 142 Å². The van der Waals surface area contributed by atoms with Crippen LogP contribution in [0, 0.1) is 0 Å². The molecule has 0 unspecified atom stereocenters. The number of methoxy groups -OCH3 is 1. The molecule has 0 spiro atoms. The quantitative estimate of drug-likeness (QED) is 0.936. The van der Waals surface area contributed by atoms with Crippen LogP contribution in [0.1, 0.15) is 18.6 Å². The van der Waals surface area contributed by atoms with Crippen LogP contribution in [0.25, 0.3) is 0 Å². The monoisotopic (exact) mass is 326 g/mol. The van der Waals surface area contributed by atoms with E-state index in [-0.39, 0.29) is 18.2 Å². The molecule has 1 heterocycles. The van der Waals surface area contributed by atoms with Crippen molar-refractivity contribution in [2.24, 2.45) is 0 Å². The minimum Gasteiger partial charge on any atom is -0.497 e. The second-order valence-electron chi connectivity index (χ2n) is 5.89. The summed E-state index contributed by atoms with van der Waals surface area (Å²) in [7, 11) is 1.62. The summed E-state index contributed by atoms with van der Waals surface area (Å²) in [6, 6.07) is 17.2. The van der Waals surface area contributed by atoms with Crippen molar-refractivity contribution in [1.29, 1.82) is 0 Å². The van der Waals surface area contributed by atoms with Crippen LogP contribution in [0.5, 0.6) is 5.75 Å².